The summed E-state index contributed by atoms with van der Waals surface area (Å²) in [7, 11) is 1.74. The molecule has 1 atom stereocenters. The maximum Gasteiger partial charge on any atom is 0.274 e. The predicted molar refractivity (Wildman–Crippen MR) is 95.2 cm³/mol. The summed E-state index contributed by atoms with van der Waals surface area (Å²) in [5, 5.41) is 4.27. The number of benzene rings is 1. The molecule has 132 valence electrons. The first kappa shape index (κ1) is 20.1. The smallest absolute Gasteiger partial charge is 0.274 e. The maximum absolute atomic E-state index is 12.9. The molecule has 0 aliphatic heterocycles. The molecule has 0 aliphatic carbocycles. The molecule has 0 radical (unpaired) electrons. The van der Waals surface area contributed by atoms with Crippen LogP contribution in [0.3, 0.4) is 0 Å². The number of amides is 1. The van der Waals surface area contributed by atoms with Gasteiger partial charge in [0, 0.05) is 25.8 Å². The average Bonchev–Trinajstić information content (AvgIpc) is 3.01. The van der Waals surface area contributed by atoms with Gasteiger partial charge in [-0.1, -0.05) is 13.8 Å². The van der Waals surface area contributed by atoms with Crippen molar-refractivity contribution in [3.05, 3.63) is 48.0 Å². The Kier molecular flexibility index (Phi) is 7.38. The monoisotopic (exact) mass is 354 g/mol. The van der Waals surface area contributed by atoms with Gasteiger partial charge in [0.2, 0.25) is 0 Å². The van der Waals surface area contributed by atoms with E-state index in [1.54, 1.807) is 41.0 Å². The molecule has 1 aromatic heterocycles. The standard InChI is InChI=1S/C17H23FN4O.ClH/c1-12(2)15(19)8-10-21(3)17(23)16-9-11-22(20-16)14-6-4-13(18)5-7-14;/h4-7,9,11-12,15H,8,10,19H2,1-3H3;1H. The third-order valence-corrected chi connectivity index (χ3v) is 3.90. The minimum Gasteiger partial charge on any atom is -0.340 e. The molecule has 1 heterocycles. The van der Waals surface area contributed by atoms with Gasteiger partial charge < -0.3 is 10.6 Å². The topological polar surface area (TPSA) is 64.2 Å². The molecule has 2 rings (SSSR count). The normalized spacial score (nSPS) is 11.9. The molecule has 0 bridgehead atoms. The van der Waals surface area contributed by atoms with Crippen LogP contribution in [0, 0.1) is 11.7 Å². The van der Waals surface area contributed by atoms with Crippen LogP contribution in [0.25, 0.3) is 5.69 Å². The highest BCUT2D eigenvalue weighted by Gasteiger charge is 2.17. The Hall–Kier alpha value is -1.92. The summed E-state index contributed by atoms with van der Waals surface area (Å²) in [6, 6.07) is 7.67. The minimum atomic E-state index is -0.307. The SMILES string of the molecule is CC(C)C(N)CCN(C)C(=O)c1ccn(-c2ccc(F)cc2)n1.Cl. The van der Waals surface area contributed by atoms with Crippen LogP contribution in [0.15, 0.2) is 36.5 Å². The van der Waals surface area contributed by atoms with E-state index in [1.165, 1.54) is 12.1 Å². The third kappa shape index (κ3) is 5.04. The average molecular weight is 355 g/mol. The quantitative estimate of drug-likeness (QED) is 0.867. The van der Waals surface area contributed by atoms with Crippen molar-refractivity contribution in [3.8, 4) is 5.69 Å². The summed E-state index contributed by atoms with van der Waals surface area (Å²) >= 11 is 0. The first-order valence-corrected chi connectivity index (χ1v) is 7.71. The van der Waals surface area contributed by atoms with E-state index >= 15 is 0 Å². The number of carbonyl (C=O) groups is 1. The van der Waals surface area contributed by atoms with Gasteiger partial charge in [-0.15, -0.1) is 12.4 Å². The Morgan fingerprint density at radius 1 is 1.29 bits per heavy atom. The van der Waals surface area contributed by atoms with Gasteiger partial charge in [-0.25, -0.2) is 9.07 Å². The van der Waals surface area contributed by atoms with Crippen LogP contribution in [0.2, 0.25) is 0 Å². The first-order valence-electron chi connectivity index (χ1n) is 7.71. The van der Waals surface area contributed by atoms with E-state index < -0.39 is 0 Å². The van der Waals surface area contributed by atoms with E-state index in [-0.39, 0.29) is 30.2 Å². The molecule has 1 aromatic carbocycles. The Balaban J connectivity index is 0.00000288. The second-order valence-corrected chi connectivity index (χ2v) is 6.05. The van der Waals surface area contributed by atoms with Crippen molar-refractivity contribution in [3.63, 3.8) is 0 Å². The van der Waals surface area contributed by atoms with E-state index in [0.717, 1.165) is 6.42 Å². The Morgan fingerprint density at radius 3 is 2.50 bits per heavy atom. The second-order valence-electron chi connectivity index (χ2n) is 6.05. The molecule has 2 N–H and O–H groups in total. The number of hydrogen-bond acceptors (Lipinski definition) is 3. The number of aromatic nitrogens is 2. The number of nitrogens with zero attached hydrogens (tertiary/aromatic N) is 3. The Labute approximate surface area is 148 Å². The molecular formula is C17H24ClFN4O. The largest absolute Gasteiger partial charge is 0.340 e. The zero-order valence-corrected chi connectivity index (χ0v) is 15.0. The third-order valence-electron chi connectivity index (χ3n) is 3.90. The van der Waals surface area contributed by atoms with E-state index in [4.69, 9.17) is 5.73 Å². The van der Waals surface area contributed by atoms with Gasteiger partial charge in [0.15, 0.2) is 5.69 Å². The van der Waals surface area contributed by atoms with Crippen molar-refractivity contribution in [2.24, 2.45) is 11.7 Å². The van der Waals surface area contributed by atoms with E-state index in [9.17, 15) is 9.18 Å². The van der Waals surface area contributed by atoms with E-state index in [0.29, 0.717) is 23.8 Å². The minimum absolute atomic E-state index is 0. The molecule has 24 heavy (non-hydrogen) atoms. The molecule has 0 saturated heterocycles. The second kappa shape index (κ2) is 8.80. The van der Waals surface area contributed by atoms with Crippen molar-refractivity contribution in [1.82, 2.24) is 14.7 Å². The molecular weight excluding hydrogens is 331 g/mol. The fraction of sp³-hybridized carbons (Fsp3) is 0.412. The number of halogens is 2. The zero-order chi connectivity index (χ0) is 17.0. The highest BCUT2D eigenvalue weighted by molar-refractivity contribution is 5.92. The number of nitrogens with two attached hydrogens (primary N) is 1. The number of carbonyl (C=O) groups excluding carboxylic acids is 1. The van der Waals surface area contributed by atoms with Crippen molar-refractivity contribution in [1.29, 1.82) is 0 Å². The fourth-order valence-electron chi connectivity index (χ4n) is 2.15. The van der Waals surface area contributed by atoms with Crippen LogP contribution in [0.5, 0.6) is 0 Å². The molecule has 0 aliphatic rings. The molecule has 7 heteroatoms. The molecule has 1 unspecified atom stereocenters. The van der Waals surface area contributed by atoms with Crippen molar-refractivity contribution >= 4 is 18.3 Å². The van der Waals surface area contributed by atoms with Crippen LogP contribution in [-0.4, -0.2) is 40.2 Å². The van der Waals surface area contributed by atoms with Gasteiger partial charge in [-0.3, -0.25) is 4.79 Å². The lowest BCUT2D eigenvalue weighted by atomic mass is 10.0. The van der Waals surface area contributed by atoms with Crippen molar-refractivity contribution in [2.75, 3.05) is 13.6 Å². The lowest BCUT2D eigenvalue weighted by Crippen LogP contribution is -2.34. The molecule has 5 nitrogen and oxygen atoms in total. The summed E-state index contributed by atoms with van der Waals surface area (Å²) in [4.78, 5) is 14.0. The summed E-state index contributed by atoms with van der Waals surface area (Å²) in [6.07, 6.45) is 2.44. The van der Waals surface area contributed by atoms with Gasteiger partial charge in [0.05, 0.1) is 5.69 Å². The summed E-state index contributed by atoms with van der Waals surface area (Å²) < 4.78 is 14.5. The molecule has 2 aromatic rings. The zero-order valence-electron chi connectivity index (χ0n) is 14.1. The van der Waals surface area contributed by atoms with Gasteiger partial charge in [-0.2, -0.15) is 5.10 Å². The van der Waals surface area contributed by atoms with E-state index in [1.807, 2.05) is 0 Å². The summed E-state index contributed by atoms with van der Waals surface area (Å²) in [6.45, 7) is 4.72. The molecule has 0 fully saturated rings. The van der Waals surface area contributed by atoms with Crippen LogP contribution in [-0.2, 0) is 0 Å². The maximum atomic E-state index is 12.9. The van der Waals surface area contributed by atoms with Crippen LogP contribution in [0.4, 0.5) is 4.39 Å². The number of hydrogen-bond donors (Lipinski definition) is 1. The van der Waals surface area contributed by atoms with Gasteiger partial charge in [0.25, 0.3) is 5.91 Å². The van der Waals surface area contributed by atoms with E-state index in [2.05, 4.69) is 18.9 Å². The molecule has 1 amide bonds. The summed E-state index contributed by atoms with van der Waals surface area (Å²) in [5.74, 6) is -0.0727. The van der Waals surface area contributed by atoms with Crippen molar-refractivity contribution in [2.45, 2.75) is 26.3 Å². The van der Waals surface area contributed by atoms with Gasteiger partial charge in [0.1, 0.15) is 5.82 Å². The molecule has 0 spiro atoms. The first-order chi connectivity index (χ1) is 10.9. The highest BCUT2D eigenvalue weighted by atomic mass is 35.5. The highest BCUT2D eigenvalue weighted by Crippen LogP contribution is 2.11. The van der Waals surface area contributed by atoms with Gasteiger partial charge in [-0.05, 0) is 42.7 Å². The van der Waals surface area contributed by atoms with Crippen molar-refractivity contribution < 1.29 is 9.18 Å². The van der Waals surface area contributed by atoms with Gasteiger partial charge >= 0.3 is 0 Å². The van der Waals surface area contributed by atoms with Crippen LogP contribution in [0.1, 0.15) is 30.8 Å². The Morgan fingerprint density at radius 2 is 1.92 bits per heavy atom. The summed E-state index contributed by atoms with van der Waals surface area (Å²) in [5.41, 5.74) is 7.07. The van der Waals surface area contributed by atoms with Crippen LogP contribution >= 0.6 is 12.4 Å². The predicted octanol–water partition coefficient (Wildman–Crippen LogP) is 2.88. The molecule has 0 saturated carbocycles. The lowest BCUT2D eigenvalue weighted by molar-refractivity contribution is 0.0783. The lowest BCUT2D eigenvalue weighted by Gasteiger charge is -2.20. The number of rotatable bonds is 6. The fourth-order valence-corrected chi connectivity index (χ4v) is 2.15. The van der Waals surface area contributed by atoms with Crippen LogP contribution < -0.4 is 5.73 Å². The Bertz CT molecular complexity index is 657.